The van der Waals surface area contributed by atoms with Crippen molar-refractivity contribution in [2.45, 2.75) is 24.7 Å². The van der Waals surface area contributed by atoms with E-state index in [1.807, 2.05) is 0 Å². The minimum atomic E-state index is -0.610. The van der Waals surface area contributed by atoms with Crippen molar-refractivity contribution in [2.24, 2.45) is 0 Å². The second kappa shape index (κ2) is 13.0. The molecule has 9 aromatic carbocycles. The van der Waals surface area contributed by atoms with E-state index in [2.05, 4.69) is 236 Å². The van der Waals surface area contributed by atoms with Crippen LogP contribution in [0.3, 0.4) is 0 Å². The van der Waals surface area contributed by atoms with Gasteiger partial charge in [0.25, 0.3) is 6.71 Å². The molecule has 0 atom stereocenters. The van der Waals surface area contributed by atoms with Crippen molar-refractivity contribution in [3.05, 3.63) is 246 Å². The third kappa shape index (κ3) is 4.67. The van der Waals surface area contributed by atoms with Crippen molar-refractivity contribution in [1.29, 1.82) is 0 Å². The van der Waals surface area contributed by atoms with Crippen molar-refractivity contribution < 1.29 is 4.74 Å². The molecular formula is C58H41BN2O. The molecule has 10 aromatic rings. The molecule has 0 saturated carbocycles. The van der Waals surface area contributed by atoms with Gasteiger partial charge in [0.15, 0.2) is 0 Å². The molecule has 13 rings (SSSR count). The molecule has 4 heterocycles. The van der Waals surface area contributed by atoms with E-state index in [-0.39, 0.29) is 12.1 Å². The lowest BCUT2D eigenvalue weighted by Crippen LogP contribution is -2.62. The highest BCUT2D eigenvalue weighted by Crippen LogP contribution is 2.59. The zero-order valence-corrected chi connectivity index (χ0v) is 34.6. The second-order valence-electron chi connectivity index (χ2n) is 17.6. The Morgan fingerprint density at radius 2 is 1.03 bits per heavy atom. The summed E-state index contributed by atoms with van der Waals surface area (Å²) in [6.07, 6.45) is 0. The van der Waals surface area contributed by atoms with Crippen molar-refractivity contribution in [3.8, 4) is 17.2 Å². The summed E-state index contributed by atoms with van der Waals surface area (Å²) in [5.74, 6) is 1.86. The normalized spacial score (nSPS) is 14.9. The fourth-order valence-corrected chi connectivity index (χ4v) is 11.6. The number of hydrogen-bond donors (Lipinski definition) is 0. The predicted molar refractivity (Wildman–Crippen MR) is 257 cm³/mol. The van der Waals surface area contributed by atoms with Crippen LogP contribution in [0.1, 0.15) is 47.2 Å². The molecule has 0 bridgehead atoms. The molecular weight excluding hydrogens is 751 g/mol. The fourth-order valence-electron chi connectivity index (χ4n) is 11.6. The molecule has 0 saturated heterocycles. The lowest BCUT2D eigenvalue weighted by Gasteiger charge is -2.46. The number of aromatic nitrogens is 1. The van der Waals surface area contributed by atoms with Crippen molar-refractivity contribution in [3.63, 3.8) is 0 Å². The van der Waals surface area contributed by atoms with Gasteiger partial charge in [-0.25, -0.2) is 0 Å². The van der Waals surface area contributed by atoms with Crippen LogP contribution >= 0.6 is 0 Å². The van der Waals surface area contributed by atoms with E-state index in [1.165, 1.54) is 60.5 Å². The maximum Gasteiger partial charge on any atom is 0.251 e. The molecule has 3 aliphatic rings. The number of fused-ring (bicyclic) bond motifs is 9. The van der Waals surface area contributed by atoms with Crippen LogP contribution in [0.4, 0.5) is 17.1 Å². The van der Waals surface area contributed by atoms with Crippen LogP contribution in [-0.2, 0) is 10.8 Å². The Labute approximate surface area is 362 Å². The van der Waals surface area contributed by atoms with Gasteiger partial charge in [-0.3, -0.25) is 0 Å². The van der Waals surface area contributed by atoms with Crippen LogP contribution in [0, 0.1) is 0 Å². The lowest BCUT2D eigenvalue weighted by atomic mass is 9.30. The molecule has 0 aliphatic carbocycles. The SMILES string of the molecule is CC1(C)c2ccccc2B2c3ccccc3Oc3cc(-n4c5ccccc5c5cc6c(cc54)N(c4ccccc4)c4ccccc4C6(c4ccccc4)c4ccccc4)cc1c32. The summed E-state index contributed by atoms with van der Waals surface area (Å²) < 4.78 is 9.50. The molecule has 1 aromatic heterocycles. The Morgan fingerprint density at radius 1 is 0.419 bits per heavy atom. The molecule has 0 spiro atoms. The number of anilines is 3. The van der Waals surface area contributed by atoms with Crippen LogP contribution in [0.15, 0.2) is 212 Å². The largest absolute Gasteiger partial charge is 0.458 e. The Hall–Kier alpha value is -7.56. The predicted octanol–water partition coefficient (Wildman–Crippen LogP) is 12.2. The van der Waals surface area contributed by atoms with Gasteiger partial charge in [-0.1, -0.05) is 177 Å². The van der Waals surface area contributed by atoms with Crippen LogP contribution in [0.25, 0.3) is 27.5 Å². The Kier molecular flexibility index (Phi) is 7.37. The molecule has 0 amide bonds. The molecule has 0 unspecified atom stereocenters. The smallest absolute Gasteiger partial charge is 0.251 e. The van der Waals surface area contributed by atoms with Gasteiger partial charge >= 0.3 is 0 Å². The van der Waals surface area contributed by atoms with E-state index >= 15 is 0 Å². The van der Waals surface area contributed by atoms with Gasteiger partial charge in [0, 0.05) is 27.9 Å². The summed E-state index contributed by atoms with van der Waals surface area (Å²) in [6, 6.07) is 78.4. The summed E-state index contributed by atoms with van der Waals surface area (Å²) in [5.41, 5.74) is 17.5. The molecule has 4 heteroatoms. The van der Waals surface area contributed by atoms with Crippen molar-refractivity contribution in [1.82, 2.24) is 4.57 Å². The minimum absolute atomic E-state index is 0.0944. The van der Waals surface area contributed by atoms with Gasteiger partial charge in [-0.2, -0.15) is 0 Å². The van der Waals surface area contributed by atoms with Gasteiger partial charge in [0.1, 0.15) is 11.5 Å². The highest BCUT2D eigenvalue weighted by molar-refractivity contribution is 6.98. The van der Waals surface area contributed by atoms with Gasteiger partial charge in [-0.05, 0) is 92.8 Å². The first kappa shape index (κ1) is 35.2. The van der Waals surface area contributed by atoms with Gasteiger partial charge in [-0.15, -0.1) is 0 Å². The first-order valence-electron chi connectivity index (χ1n) is 21.7. The molecule has 0 fully saturated rings. The van der Waals surface area contributed by atoms with Gasteiger partial charge in [0.2, 0.25) is 0 Å². The average molecular weight is 793 g/mol. The van der Waals surface area contributed by atoms with Crippen LogP contribution in [-0.4, -0.2) is 11.3 Å². The van der Waals surface area contributed by atoms with Crippen LogP contribution < -0.4 is 26.0 Å². The summed E-state index contributed by atoms with van der Waals surface area (Å²) in [4.78, 5) is 2.48. The standard InChI is InChI=1S/C58H41BN2O/c1-57(2)44-27-13-15-29-48(44)59-49-30-16-19-33-54(49)62-55-35-41(34-47(57)56(55)59)61-50-31-17-12-26-42(50)43-36-46-53(37-52(43)61)60(40-24-10-5-11-25-40)51-32-18-14-28-45(51)58(46,38-20-6-3-7-21-38)39-22-8-4-9-23-39/h3-37H,1-2H3. The number of para-hydroxylation sites is 4. The summed E-state index contributed by atoms with van der Waals surface area (Å²) in [5, 5.41) is 2.42. The molecule has 0 N–H and O–H groups in total. The van der Waals surface area contributed by atoms with Crippen LogP contribution in [0.5, 0.6) is 11.5 Å². The summed E-state index contributed by atoms with van der Waals surface area (Å²) in [7, 11) is 0. The van der Waals surface area contributed by atoms with Gasteiger partial charge < -0.3 is 14.2 Å². The zero-order chi connectivity index (χ0) is 41.2. The summed E-state index contributed by atoms with van der Waals surface area (Å²) in [6.45, 7) is 4.86. The number of rotatable bonds is 4. The monoisotopic (exact) mass is 792 g/mol. The van der Waals surface area contributed by atoms with Crippen molar-refractivity contribution in [2.75, 3.05) is 4.90 Å². The Morgan fingerprint density at radius 3 is 1.79 bits per heavy atom. The first-order valence-corrected chi connectivity index (χ1v) is 21.7. The molecule has 3 nitrogen and oxygen atoms in total. The van der Waals surface area contributed by atoms with E-state index in [1.54, 1.807) is 0 Å². The van der Waals surface area contributed by atoms with Crippen molar-refractivity contribution >= 4 is 62.0 Å². The van der Waals surface area contributed by atoms with Gasteiger partial charge in [0.05, 0.1) is 33.5 Å². The lowest BCUT2D eigenvalue weighted by molar-refractivity contribution is 0.484. The third-order valence-electron chi connectivity index (χ3n) is 14.2. The first-order chi connectivity index (χ1) is 30.5. The molecule has 0 radical (unpaired) electrons. The minimum Gasteiger partial charge on any atom is -0.458 e. The zero-order valence-electron chi connectivity index (χ0n) is 34.6. The quantitative estimate of drug-likeness (QED) is 0.165. The Balaban J connectivity index is 1.16. The second-order valence-corrected chi connectivity index (χ2v) is 17.6. The van der Waals surface area contributed by atoms with E-state index in [0.717, 1.165) is 45.3 Å². The number of benzene rings is 9. The average Bonchev–Trinajstić information content (AvgIpc) is 3.65. The number of ether oxygens (including phenoxy) is 1. The maximum atomic E-state index is 7.00. The highest BCUT2D eigenvalue weighted by atomic mass is 16.5. The fraction of sp³-hybridized carbons (Fsp3) is 0.0690. The maximum absolute atomic E-state index is 7.00. The van der Waals surface area contributed by atoms with E-state index in [9.17, 15) is 0 Å². The Bertz CT molecular complexity index is 3390. The molecule has 3 aliphatic heterocycles. The van der Waals surface area contributed by atoms with E-state index in [4.69, 9.17) is 4.74 Å². The van der Waals surface area contributed by atoms with Crippen LogP contribution in [0.2, 0.25) is 0 Å². The third-order valence-corrected chi connectivity index (χ3v) is 14.2. The molecule has 62 heavy (non-hydrogen) atoms. The number of hydrogen-bond acceptors (Lipinski definition) is 2. The summed E-state index contributed by atoms with van der Waals surface area (Å²) >= 11 is 0. The molecule has 292 valence electrons. The van der Waals surface area contributed by atoms with E-state index < -0.39 is 5.41 Å². The number of nitrogens with zero attached hydrogens (tertiary/aromatic N) is 2. The topological polar surface area (TPSA) is 17.4 Å². The highest BCUT2D eigenvalue weighted by Gasteiger charge is 2.48. The van der Waals surface area contributed by atoms with E-state index in [0.29, 0.717) is 0 Å².